The number of nitrogens with one attached hydrogen (secondary N) is 1. The second-order valence-corrected chi connectivity index (χ2v) is 11.1. The maximum absolute atomic E-state index is 14.3. The van der Waals surface area contributed by atoms with Crippen molar-refractivity contribution in [2.24, 2.45) is 0 Å². The second-order valence-electron chi connectivity index (χ2n) is 8.50. The molecule has 0 aliphatic heterocycles. The van der Waals surface area contributed by atoms with Gasteiger partial charge in [-0.25, -0.2) is 14.3 Å². The summed E-state index contributed by atoms with van der Waals surface area (Å²) in [7, 11) is 4.20. The minimum absolute atomic E-state index is 0.249. The fourth-order valence-corrected chi connectivity index (χ4v) is 6.66. The van der Waals surface area contributed by atoms with Gasteiger partial charge in [-0.1, -0.05) is 12.1 Å². The van der Waals surface area contributed by atoms with Crippen LogP contribution in [0.15, 0.2) is 48.5 Å². The van der Waals surface area contributed by atoms with E-state index in [1.54, 1.807) is 30.3 Å². The van der Waals surface area contributed by atoms with Crippen molar-refractivity contribution in [1.29, 1.82) is 0 Å². The van der Waals surface area contributed by atoms with Gasteiger partial charge in [-0.05, 0) is 54.4 Å². The van der Waals surface area contributed by atoms with Gasteiger partial charge in [0.1, 0.15) is 5.75 Å². The molecule has 4 rings (SSSR count). The van der Waals surface area contributed by atoms with Crippen molar-refractivity contribution in [1.82, 2.24) is 0 Å². The standard InChI is InChI=1S/C28H30NO10PS/c1-16-9-8-10-23-24(16)25(26(30)18-14-21(33-3)27(35-5)22(15-18)34-4)28(41-23)17-11-12-20(32-2)19(13-17)29-40(31,38-36-6)39-37-7/h8-15H,1-7H3,(H,29,31). The van der Waals surface area contributed by atoms with Gasteiger partial charge in [-0.15, -0.1) is 20.7 Å². The normalized spacial score (nSPS) is 11.4. The Hall–Kier alpha value is -3.64. The van der Waals surface area contributed by atoms with Crippen LogP contribution in [0.1, 0.15) is 21.5 Å². The van der Waals surface area contributed by atoms with Gasteiger partial charge >= 0.3 is 7.75 Å². The molecule has 0 unspecified atom stereocenters. The lowest BCUT2D eigenvalue weighted by Crippen LogP contribution is -2.06. The number of carbonyl (C=O) groups is 1. The molecule has 218 valence electrons. The van der Waals surface area contributed by atoms with Crippen LogP contribution >= 0.6 is 19.1 Å². The minimum Gasteiger partial charge on any atom is -0.495 e. The molecule has 0 aliphatic rings. The molecular formula is C28H30NO10PS. The van der Waals surface area contributed by atoms with Crippen LogP contribution in [0.5, 0.6) is 23.0 Å². The lowest BCUT2D eigenvalue weighted by molar-refractivity contribution is -0.240. The maximum atomic E-state index is 14.3. The molecule has 0 saturated carbocycles. The summed E-state index contributed by atoms with van der Waals surface area (Å²) in [6.45, 7) is 1.95. The van der Waals surface area contributed by atoms with Crippen molar-refractivity contribution in [3.8, 4) is 33.4 Å². The van der Waals surface area contributed by atoms with Gasteiger partial charge < -0.3 is 18.9 Å². The van der Waals surface area contributed by atoms with Gasteiger partial charge in [-0.2, -0.15) is 0 Å². The maximum Gasteiger partial charge on any atom is 0.487 e. The largest absolute Gasteiger partial charge is 0.495 e. The monoisotopic (exact) mass is 603 g/mol. The van der Waals surface area contributed by atoms with Gasteiger partial charge in [0.25, 0.3) is 0 Å². The molecule has 1 N–H and O–H groups in total. The third-order valence-corrected chi connectivity index (χ3v) is 8.55. The van der Waals surface area contributed by atoms with E-state index in [1.807, 2.05) is 25.1 Å². The van der Waals surface area contributed by atoms with Gasteiger partial charge in [0, 0.05) is 26.1 Å². The zero-order valence-electron chi connectivity index (χ0n) is 23.6. The van der Waals surface area contributed by atoms with Crippen molar-refractivity contribution in [3.63, 3.8) is 0 Å². The van der Waals surface area contributed by atoms with Crippen molar-refractivity contribution in [3.05, 3.63) is 65.2 Å². The van der Waals surface area contributed by atoms with E-state index in [2.05, 4.69) is 14.9 Å². The van der Waals surface area contributed by atoms with E-state index >= 15 is 0 Å². The number of anilines is 1. The molecule has 1 heterocycles. The van der Waals surface area contributed by atoms with Crippen LogP contribution in [0.25, 0.3) is 20.5 Å². The van der Waals surface area contributed by atoms with E-state index in [0.29, 0.717) is 44.6 Å². The molecule has 41 heavy (non-hydrogen) atoms. The second kappa shape index (κ2) is 12.9. The van der Waals surface area contributed by atoms with Crippen molar-refractivity contribution in [2.45, 2.75) is 6.92 Å². The average molecular weight is 604 g/mol. The first-order valence-electron chi connectivity index (χ1n) is 12.1. The van der Waals surface area contributed by atoms with Gasteiger partial charge in [0.2, 0.25) is 5.75 Å². The third kappa shape index (κ3) is 6.03. The number of rotatable bonds is 13. The number of benzene rings is 3. The predicted molar refractivity (Wildman–Crippen MR) is 155 cm³/mol. The molecule has 0 spiro atoms. The smallest absolute Gasteiger partial charge is 0.487 e. The first-order valence-corrected chi connectivity index (χ1v) is 14.5. The molecule has 0 saturated heterocycles. The first kappa shape index (κ1) is 30.3. The quantitative estimate of drug-likeness (QED) is 0.0750. The van der Waals surface area contributed by atoms with Crippen LogP contribution in [0.2, 0.25) is 0 Å². The number of aryl methyl sites for hydroxylation is 1. The number of thiophene rings is 1. The summed E-state index contributed by atoms with van der Waals surface area (Å²) in [5.41, 5.74) is 2.66. The van der Waals surface area contributed by atoms with Crippen LogP contribution in [-0.4, -0.2) is 48.4 Å². The molecule has 0 fully saturated rings. The summed E-state index contributed by atoms with van der Waals surface area (Å²) in [4.78, 5) is 24.1. The summed E-state index contributed by atoms with van der Waals surface area (Å²) >= 11 is 1.44. The number of methoxy groups -OCH3 is 4. The molecule has 0 amide bonds. The Morgan fingerprint density at radius 1 is 0.805 bits per heavy atom. The number of ketones is 1. The summed E-state index contributed by atoms with van der Waals surface area (Å²) in [6, 6.07) is 14.2. The Morgan fingerprint density at radius 3 is 2.00 bits per heavy atom. The Morgan fingerprint density at radius 2 is 1.44 bits per heavy atom. The van der Waals surface area contributed by atoms with Crippen molar-refractivity contribution in [2.75, 3.05) is 47.7 Å². The van der Waals surface area contributed by atoms with Crippen LogP contribution < -0.4 is 24.0 Å². The number of hydrogen-bond donors (Lipinski definition) is 1. The molecule has 0 radical (unpaired) electrons. The molecule has 13 heteroatoms. The predicted octanol–water partition coefficient (Wildman–Crippen LogP) is 6.82. The summed E-state index contributed by atoms with van der Waals surface area (Å²) in [5.74, 6) is 1.18. The number of fused-ring (bicyclic) bond motifs is 1. The fourth-order valence-electron chi connectivity index (χ4n) is 4.43. The van der Waals surface area contributed by atoms with E-state index in [-0.39, 0.29) is 11.5 Å². The summed E-state index contributed by atoms with van der Waals surface area (Å²) in [6.07, 6.45) is 0. The van der Waals surface area contributed by atoms with Crippen LogP contribution in [-0.2, 0) is 23.7 Å². The lowest BCUT2D eigenvalue weighted by Gasteiger charge is -2.18. The SMILES string of the molecule is COOP(=O)(Nc1cc(-c2sc3cccc(C)c3c2C(=O)c2cc(OC)c(OC)c(OC)c2)ccc1OC)OOC. The number of ether oxygens (including phenoxy) is 4. The summed E-state index contributed by atoms with van der Waals surface area (Å²) in [5, 5.41) is 3.48. The van der Waals surface area contributed by atoms with E-state index < -0.39 is 7.75 Å². The average Bonchev–Trinajstić information content (AvgIpc) is 3.37. The molecule has 11 nitrogen and oxygen atoms in total. The molecular weight excluding hydrogens is 573 g/mol. The number of carbonyl (C=O) groups excluding carboxylic acids is 1. The van der Waals surface area contributed by atoms with Gasteiger partial charge in [0.15, 0.2) is 17.3 Å². The van der Waals surface area contributed by atoms with E-state index in [1.165, 1.54) is 54.0 Å². The Bertz CT molecular complexity index is 1580. The van der Waals surface area contributed by atoms with Gasteiger partial charge in [-0.3, -0.25) is 9.88 Å². The van der Waals surface area contributed by atoms with E-state index in [9.17, 15) is 9.36 Å². The molecule has 0 bridgehead atoms. The van der Waals surface area contributed by atoms with Crippen molar-refractivity contribution >= 4 is 40.6 Å². The molecule has 0 atom stereocenters. The Balaban J connectivity index is 1.94. The fraction of sp³-hybridized carbons (Fsp3) is 0.250. The number of hydrogen-bond acceptors (Lipinski definition) is 11. The van der Waals surface area contributed by atoms with Crippen LogP contribution in [0, 0.1) is 6.92 Å². The van der Waals surface area contributed by atoms with Gasteiger partial charge in [0.05, 0.1) is 48.3 Å². The summed E-state index contributed by atoms with van der Waals surface area (Å²) < 4.78 is 45.5. The Labute approximate surface area is 241 Å². The first-order chi connectivity index (χ1) is 19.7. The highest BCUT2D eigenvalue weighted by atomic mass is 32.1. The molecule has 4 aromatic rings. The lowest BCUT2D eigenvalue weighted by atomic mass is 9.95. The van der Waals surface area contributed by atoms with Crippen LogP contribution in [0.3, 0.4) is 0 Å². The zero-order chi connectivity index (χ0) is 29.7. The zero-order valence-corrected chi connectivity index (χ0v) is 25.3. The van der Waals surface area contributed by atoms with E-state index in [4.69, 9.17) is 28.3 Å². The van der Waals surface area contributed by atoms with E-state index in [0.717, 1.165) is 15.6 Å². The minimum atomic E-state index is -4.11. The van der Waals surface area contributed by atoms with Crippen molar-refractivity contribution < 1.29 is 47.4 Å². The molecule has 3 aromatic carbocycles. The highest BCUT2D eigenvalue weighted by Crippen LogP contribution is 2.51. The molecule has 1 aromatic heterocycles. The third-order valence-electron chi connectivity index (χ3n) is 6.14. The Kier molecular flexibility index (Phi) is 9.54. The topological polar surface area (TPSA) is 120 Å². The highest BCUT2D eigenvalue weighted by Gasteiger charge is 2.30. The van der Waals surface area contributed by atoms with Crippen LogP contribution in [0.4, 0.5) is 5.69 Å². The highest BCUT2D eigenvalue weighted by molar-refractivity contribution is 7.55. The molecule has 0 aliphatic carbocycles.